The molecule has 1 aromatic rings. The van der Waals surface area contributed by atoms with Crippen LogP contribution in [0.4, 0.5) is 0 Å². The SMILES string of the molecule is CCCCC(CN)NC(=O)c1c(C)c(C)n[nH]c1=O. The van der Waals surface area contributed by atoms with Gasteiger partial charge in [-0.15, -0.1) is 0 Å². The highest BCUT2D eigenvalue weighted by molar-refractivity contribution is 5.95. The lowest BCUT2D eigenvalue weighted by molar-refractivity contribution is 0.0933. The summed E-state index contributed by atoms with van der Waals surface area (Å²) in [4.78, 5) is 23.9. The molecule has 0 aliphatic carbocycles. The van der Waals surface area contributed by atoms with Crippen molar-refractivity contribution >= 4 is 5.91 Å². The Balaban J connectivity index is 2.89. The van der Waals surface area contributed by atoms with Crippen LogP contribution in [0.15, 0.2) is 4.79 Å². The highest BCUT2D eigenvalue weighted by Gasteiger charge is 2.18. The molecule has 1 amide bonds. The van der Waals surface area contributed by atoms with E-state index < -0.39 is 5.56 Å². The molecule has 0 aromatic carbocycles. The maximum atomic E-state index is 12.2. The van der Waals surface area contributed by atoms with E-state index in [2.05, 4.69) is 22.4 Å². The third kappa shape index (κ3) is 3.89. The first-order valence-electron chi connectivity index (χ1n) is 6.58. The fraction of sp³-hybridized carbons (Fsp3) is 0.615. The third-order valence-corrected chi connectivity index (χ3v) is 3.22. The predicted molar refractivity (Wildman–Crippen MR) is 74.2 cm³/mol. The van der Waals surface area contributed by atoms with Gasteiger partial charge in [-0.25, -0.2) is 5.10 Å². The number of carbonyl (C=O) groups is 1. The normalized spacial score (nSPS) is 12.2. The number of unbranched alkanes of at least 4 members (excludes halogenated alkanes) is 1. The van der Waals surface area contributed by atoms with Crippen molar-refractivity contribution in [2.75, 3.05) is 6.54 Å². The lowest BCUT2D eigenvalue weighted by atomic mass is 10.1. The van der Waals surface area contributed by atoms with Crippen molar-refractivity contribution in [3.8, 4) is 0 Å². The zero-order chi connectivity index (χ0) is 14.4. The summed E-state index contributed by atoms with van der Waals surface area (Å²) in [5.74, 6) is -0.379. The molecular formula is C13H22N4O2. The van der Waals surface area contributed by atoms with Gasteiger partial charge in [-0.3, -0.25) is 9.59 Å². The maximum absolute atomic E-state index is 12.2. The van der Waals surface area contributed by atoms with Crippen molar-refractivity contribution in [2.45, 2.75) is 46.1 Å². The molecule has 0 saturated heterocycles. The summed E-state index contributed by atoms with van der Waals surface area (Å²) in [5.41, 5.74) is 6.54. The second kappa shape index (κ2) is 7.04. The molecule has 1 atom stereocenters. The van der Waals surface area contributed by atoms with E-state index in [1.54, 1.807) is 13.8 Å². The van der Waals surface area contributed by atoms with Crippen molar-refractivity contribution in [1.82, 2.24) is 15.5 Å². The van der Waals surface area contributed by atoms with Crippen LogP contribution in [-0.2, 0) is 0 Å². The van der Waals surface area contributed by atoms with E-state index in [1.807, 2.05) is 0 Å². The number of aryl methyl sites for hydroxylation is 1. The largest absolute Gasteiger partial charge is 0.348 e. The predicted octanol–water partition coefficient (Wildman–Crippen LogP) is 0.634. The number of carbonyl (C=O) groups excluding carboxylic acids is 1. The molecule has 1 rings (SSSR count). The van der Waals surface area contributed by atoms with Crippen molar-refractivity contribution in [3.63, 3.8) is 0 Å². The van der Waals surface area contributed by atoms with Gasteiger partial charge >= 0.3 is 0 Å². The minimum atomic E-state index is -0.466. The van der Waals surface area contributed by atoms with E-state index in [0.717, 1.165) is 19.3 Å². The molecule has 1 heterocycles. The van der Waals surface area contributed by atoms with Gasteiger partial charge in [0.05, 0.1) is 5.69 Å². The Morgan fingerprint density at radius 1 is 1.47 bits per heavy atom. The second-order valence-electron chi connectivity index (χ2n) is 4.69. The lowest BCUT2D eigenvalue weighted by Crippen LogP contribution is -2.42. The van der Waals surface area contributed by atoms with Crippen LogP contribution in [0.3, 0.4) is 0 Å². The van der Waals surface area contributed by atoms with Gasteiger partial charge in [0.25, 0.3) is 11.5 Å². The Morgan fingerprint density at radius 2 is 2.16 bits per heavy atom. The van der Waals surface area contributed by atoms with Crippen molar-refractivity contribution < 1.29 is 4.79 Å². The summed E-state index contributed by atoms with van der Waals surface area (Å²) in [6, 6.07) is -0.0975. The summed E-state index contributed by atoms with van der Waals surface area (Å²) in [6.07, 6.45) is 2.85. The van der Waals surface area contributed by atoms with Gasteiger partial charge in [0, 0.05) is 12.6 Å². The molecule has 6 heteroatoms. The average Bonchev–Trinajstić information content (AvgIpc) is 2.39. The topological polar surface area (TPSA) is 101 Å². The van der Waals surface area contributed by atoms with Crippen LogP contribution in [0.5, 0.6) is 0 Å². The monoisotopic (exact) mass is 266 g/mol. The molecule has 1 unspecified atom stereocenters. The van der Waals surface area contributed by atoms with Crippen molar-refractivity contribution in [1.29, 1.82) is 0 Å². The van der Waals surface area contributed by atoms with Crippen LogP contribution in [0.2, 0.25) is 0 Å². The van der Waals surface area contributed by atoms with E-state index in [9.17, 15) is 9.59 Å². The smallest absolute Gasteiger partial charge is 0.277 e. The van der Waals surface area contributed by atoms with Gasteiger partial charge in [-0.05, 0) is 25.8 Å². The van der Waals surface area contributed by atoms with E-state index in [1.165, 1.54) is 0 Å². The van der Waals surface area contributed by atoms with E-state index in [-0.39, 0.29) is 17.5 Å². The molecular weight excluding hydrogens is 244 g/mol. The number of aromatic nitrogens is 2. The number of amides is 1. The molecule has 0 saturated carbocycles. The Kier molecular flexibility index (Phi) is 5.69. The van der Waals surface area contributed by atoms with Crippen molar-refractivity contribution in [3.05, 3.63) is 27.2 Å². The number of H-pyrrole nitrogens is 1. The zero-order valence-electron chi connectivity index (χ0n) is 11.7. The number of aromatic amines is 1. The Labute approximate surface area is 112 Å². The number of nitrogens with zero attached hydrogens (tertiary/aromatic N) is 1. The van der Waals surface area contributed by atoms with E-state index >= 15 is 0 Å². The van der Waals surface area contributed by atoms with Crippen LogP contribution in [0, 0.1) is 13.8 Å². The number of hydrogen-bond donors (Lipinski definition) is 3. The molecule has 0 fully saturated rings. The molecule has 0 spiro atoms. The summed E-state index contributed by atoms with van der Waals surface area (Å²) in [6.45, 7) is 5.92. The lowest BCUT2D eigenvalue weighted by Gasteiger charge is -2.17. The standard InChI is InChI=1S/C13H22N4O2/c1-4-5-6-10(7-14)15-12(18)11-8(2)9(3)16-17-13(11)19/h10H,4-7,14H2,1-3H3,(H,15,18)(H,17,19). The fourth-order valence-corrected chi connectivity index (χ4v) is 1.86. The first kappa shape index (κ1) is 15.4. The number of rotatable bonds is 6. The fourth-order valence-electron chi connectivity index (χ4n) is 1.86. The Hall–Kier alpha value is -1.69. The Bertz CT molecular complexity index is 496. The Morgan fingerprint density at radius 3 is 2.74 bits per heavy atom. The molecule has 1 aromatic heterocycles. The van der Waals surface area contributed by atoms with E-state index in [4.69, 9.17) is 5.73 Å². The van der Waals surface area contributed by atoms with Crippen LogP contribution >= 0.6 is 0 Å². The van der Waals surface area contributed by atoms with E-state index in [0.29, 0.717) is 17.8 Å². The highest BCUT2D eigenvalue weighted by Crippen LogP contribution is 2.06. The summed E-state index contributed by atoms with van der Waals surface area (Å²) in [7, 11) is 0. The molecule has 0 radical (unpaired) electrons. The molecule has 4 N–H and O–H groups in total. The molecule has 0 aliphatic heterocycles. The van der Waals surface area contributed by atoms with Gasteiger partial charge in [0.1, 0.15) is 5.56 Å². The minimum Gasteiger partial charge on any atom is -0.348 e. The zero-order valence-corrected chi connectivity index (χ0v) is 11.7. The molecule has 19 heavy (non-hydrogen) atoms. The van der Waals surface area contributed by atoms with Gasteiger partial charge in [-0.1, -0.05) is 19.8 Å². The highest BCUT2D eigenvalue weighted by atomic mass is 16.2. The average molecular weight is 266 g/mol. The quantitative estimate of drug-likeness (QED) is 0.703. The van der Waals surface area contributed by atoms with Gasteiger partial charge in [0.15, 0.2) is 0 Å². The summed E-state index contributed by atoms with van der Waals surface area (Å²) >= 11 is 0. The summed E-state index contributed by atoms with van der Waals surface area (Å²) < 4.78 is 0. The number of nitrogens with two attached hydrogens (primary N) is 1. The first-order valence-corrected chi connectivity index (χ1v) is 6.58. The van der Waals surface area contributed by atoms with Crippen LogP contribution in [0.25, 0.3) is 0 Å². The molecule has 6 nitrogen and oxygen atoms in total. The van der Waals surface area contributed by atoms with Crippen LogP contribution in [0.1, 0.15) is 47.8 Å². The van der Waals surface area contributed by atoms with Gasteiger partial charge in [-0.2, -0.15) is 5.10 Å². The first-order chi connectivity index (χ1) is 9.01. The number of hydrogen-bond acceptors (Lipinski definition) is 4. The summed E-state index contributed by atoms with van der Waals surface area (Å²) in [5, 5.41) is 8.97. The van der Waals surface area contributed by atoms with Crippen molar-refractivity contribution in [2.24, 2.45) is 5.73 Å². The van der Waals surface area contributed by atoms with Crippen LogP contribution < -0.4 is 16.6 Å². The van der Waals surface area contributed by atoms with Crippen LogP contribution in [-0.4, -0.2) is 28.7 Å². The third-order valence-electron chi connectivity index (χ3n) is 3.22. The van der Waals surface area contributed by atoms with Gasteiger partial charge < -0.3 is 11.1 Å². The second-order valence-corrected chi connectivity index (χ2v) is 4.69. The molecule has 0 aliphatic rings. The van der Waals surface area contributed by atoms with Gasteiger partial charge in [0.2, 0.25) is 0 Å². The molecule has 0 bridgehead atoms. The minimum absolute atomic E-state index is 0.0975. The maximum Gasteiger partial charge on any atom is 0.277 e. The molecule has 106 valence electrons. The number of nitrogens with one attached hydrogen (secondary N) is 2.